The molecule has 0 spiro atoms. The summed E-state index contributed by atoms with van der Waals surface area (Å²) in [6, 6.07) is 15.9. The summed E-state index contributed by atoms with van der Waals surface area (Å²) in [5, 5.41) is 15.1. The molecule has 2 aromatic rings. The van der Waals surface area contributed by atoms with Gasteiger partial charge in [-0.25, -0.2) is 0 Å². The molecule has 1 unspecified atom stereocenters. The molecule has 222 valence electrons. The van der Waals surface area contributed by atoms with Crippen molar-refractivity contribution in [2.24, 2.45) is 17.1 Å². The number of benzene rings is 2. The number of methoxy groups -OCH3 is 1. The molecule has 3 rings (SSSR count). The average molecular weight is 562 g/mol. The van der Waals surface area contributed by atoms with E-state index >= 15 is 0 Å². The van der Waals surface area contributed by atoms with E-state index in [2.05, 4.69) is 19.2 Å². The smallest absolute Gasteiger partial charge is 0.249 e. The summed E-state index contributed by atoms with van der Waals surface area (Å²) >= 11 is 0. The van der Waals surface area contributed by atoms with Crippen molar-refractivity contribution >= 4 is 11.8 Å². The van der Waals surface area contributed by atoms with Crippen molar-refractivity contribution in [1.82, 2.24) is 10.2 Å². The second-order valence-electron chi connectivity index (χ2n) is 11.3. The highest BCUT2D eigenvalue weighted by Gasteiger charge is 2.48. The second kappa shape index (κ2) is 15.0. The van der Waals surface area contributed by atoms with Crippen LogP contribution in [0.1, 0.15) is 56.7 Å². The predicted octanol–water partition coefficient (Wildman–Crippen LogP) is 4.71. The first-order valence-corrected chi connectivity index (χ1v) is 14.7. The van der Waals surface area contributed by atoms with Crippen molar-refractivity contribution in [3.05, 3.63) is 88.5 Å². The molecule has 0 radical (unpaired) electrons. The molecule has 0 aromatic heterocycles. The summed E-state index contributed by atoms with van der Waals surface area (Å²) in [6.45, 7) is 10.1. The Morgan fingerprint density at radius 2 is 1.76 bits per heavy atom. The summed E-state index contributed by atoms with van der Waals surface area (Å²) in [4.78, 5) is 29.0. The van der Waals surface area contributed by atoms with Gasteiger partial charge in [-0.2, -0.15) is 0 Å². The Morgan fingerprint density at radius 3 is 2.37 bits per heavy atom. The van der Waals surface area contributed by atoms with E-state index in [9.17, 15) is 14.7 Å². The summed E-state index contributed by atoms with van der Waals surface area (Å²) in [7, 11) is 1.63. The Morgan fingerprint density at radius 1 is 1.07 bits per heavy atom. The van der Waals surface area contributed by atoms with Gasteiger partial charge in [0.05, 0.1) is 18.6 Å². The number of allylic oxidation sites excluding steroid dienone is 2. The maximum absolute atomic E-state index is 13.7. The zero-order valence-electron chi connectivity index (χ0n) is 25.3. The molecule has 1 aliphatic carbocycles. The normalized spacial score (nSPS) is 18.2. The van der Waals surface area contributed by atoms with Gasteiger partial charge >= 0.3 is 0 Å². The summed E-state index contributed by atoms with van der Waals surface area (Å²) in [6.07, 6.45) is 5.13. The molecule has 41 heavy (non-hydrogen) atoms. The van der Waals surface area contributed by atoms with Gasteiger partial charge in [0.1, 0.15) is 5.75 Å². The number of primary amides is 1. The molecular formula is C34H47N3O4. The number of hydrogen-bond donors (Lipinski definition) is 3. The van der Waals surface area contributed by atoms with Gasteiger partial charge in [0.2, 0.25) is 11.8 Å². The topological polar surface area (TPSA) is 105 Å². The second-order valence-corrected chi connectivity index (χ2v) is 11.3. The van der Waals surface area contributed by atoms with Crippen LogP contribution in [0.3, 0.4) is 0 Å². The maximum atomic E-state index is 13.7. The molecule has 7 heteroatoms. The first kappa shape index (κ1) is 32.1. The van der Waals surface area contributed by atoms with Crippen LogP contribution in [0, 0.1) is 18.3 Å². The zero-order valence-corrected chi connectivity index (χ0v) is 25.3. The quantitative estimate of drug-likeness (QED) is 0.292. The Labute approximate surface area is 245 Å². The van der Waals surface area contributed by atoms with Crippen molar-refractivity contribution in [1.29, 1.82) is 0 Å². The number of nitrogens with zero attached hydrogens (tertiary/aromatic N) is 1. The number of amides is 2. The van der Waals surface area contributed by atoms with Crippen molar-refractivity contribution in [2.45, 2.75) is 66.0 Å². The molecule has 2 amide bonds. The lowest BCUT2D eigenvalue weighted by molar-refractivity contribution is -0.132. The highest BCUT2D eigenvalue weighted by atomic mass is 16.5. The van der Waals surface area contributed by atoms with E-state index in [-0.39, 0.29) is 18.9 Å². The highest BCUT2D eigenvalue weighted by molar-refractivity contribution is 5.96. The number of aliphatic hydroxyl groups is 1. The first-order chi connectivity index (χ1) is 19.6. The van der Waals surface area contributed by atoms with Gasteiger partial charge in [0.25, 0.3) is 0 Å². The predicted molar refractivity (Wildman–Crippen MR) is 164 cm³/mol. The number of nitrogens with one attached hydrogen (secondary N) is 1. The molecule has 7 nitrogen and oxygen atoms in total. The summed E-state index contributed by atoms with van der Waals surface area (Å²) in [5.74, 6) is -0.386. The summed E-state index contributed by atoms with van der Waals surface area (Å²) in [5.41, 5.74) is 9.50. The number of hydrogen-bond acceptors (Lipinski definition) is 5. The van der Waals surface area contributed by atoms with Gasteiger partial charge in [-0.15, -0.1) is 0 Å². The van der Waals surface area contributed by atoms with Crippen LogP contribution >= 0.6 is 0 Å². The number of aliphatic hydroxyl groups excluding tert-OH is 1. The Kier molecular flexibility index (Phi) is 11.7. The largest absolute Gasteiger partial charge is 0.497 e. The standard InChI is InChI=1S/C34H47N3O4/c1-6-15-37(16-7-2)32(39)28-17-25(4)20-34(21-28,33(35)40)30(19-26-13-11-24(3)12-14-26)31(38)23-36-22-27-9-8-10-29(18-27)41-5/h8-14,17-18,20,30-31,36,38H,6-7,15-16,19,21-23H2,1-5H3,(H2,35,40)/t30-,31+,34?/m0/s1. The van der Waals surface area contributed by atoms with Crippen LogP contribution in [0.2, 0.25) is 0 Å². The van der Waals surface area contributed by atoms with Crippen LogP contribution in [0.15, 0.2) is 71.8 Å². The minimum atomic E-state index is -1.23. The van der Waals surface area contributed by atoms with E-state index in [0.29, 0.717) is 31.6 Å². The van der Waals surface area contributed by atoms with Crippen LogP contribution in [0.25, 0.3) is 0 Å². The van der Waals surface area contributed by atoms with Crippen LogP contribution in [0.4, 0.5) is 0 Å². The molecule has 2 aromatic carbocycles. The third kappa shape index (κ3) is 8.30. The molecule has 0 aliphatic heterocycles. The molecule has 0 heterocycles. The van der Waals surface area contributed by atoms with Gasteiger partial charge in [0, 0.05) is 37.7 Å². The van der Waals surface area contributed by atoms with E-state index < -0.39 is 23.3 Å². The third-order valence-electron chi connectivity index (χ3n) is 7.90. The van der Waals surface area contributed by atoms with Crippen LogP contribution in [0.5, 0.6) is 5.75 Å². The molecule has 0 saturated carbocycles. The monoisotopic (exact) mass is 561 g/mol. The number of rotatable bonds is 15. The minimum Gasteiger partial charge on any atom is -0.497 e. The number of ether oxygens (including phenoxy) is 1. The lowest BCUT2D eigenvalue weighted by Gasteiger charge is -2.42. The van der Waals surface area contributed by atoms with Gasteiger partial charge in [-0.3, -0.25) is 9.59 Å². The fraction of sp³-hybridized carbons (Fsp3) is 0.471. The van der Waals surface area contributed by atoms with Crippen LogP contribution < -0.4 is 15.8 Å². The molecule has 3 atom stereocenters. The van der Waals surface area contributed by atoms with E-state index in [1.807, 2.05) is 79.4 Å². The zero-order chi connectivity index (χ0) is 30.0. The number of carbonyl (C=O) groups is 2. The first-order valence-electron chi connectivity index (χ1n) is 14.7. The Bertz CT molecular complexity index is 1230. The molecule has 4 N–H and O–H groups in total. The summed E-state index contributed by atoms with van der Waals surface area (Å²) < 4.78 is 5.33. The highest BCUT2D eigenvalue weighted by Crippen LogP contribution is 2.44. The molecule has 0 fully saturated rings. The molecule has 0 bridgehead atoms. The van der Waals surface area contributed by atoms with Gasteiger partial charge in [-0.1, -0.05) is 73.5 Å². The van der Waals surface area contributed by atoms with Crippen molar-refractivity contribution < 1.29 is 19.4 Å². The van der Waals surface area contributed by atoms with Crippen molar-refractivity contribution in [2.75, 3.05) is 26.7 Å². The Balaban J connectivity index is 1.94. The van der Waals surface area contributed by atoms with E-state index in [4.69, 9.17) is 10.5 Å². The van der Waals surface area contributed by atoms with E-state index in [0.717, 1.165) is 40.9 Å². The SMILES string of the molecule is CCCN(CCC)C(=O)C1=CC(C)=CC(C(N)=O)([C@@H](Cc2ccc(C)cc2)[C@H](O)CNCc2cccc(OC)c2)C1. The maximum Gasteiger partial charge on any atom is 0.249 e. The van der Waals surface area contributed by atoms with Gasteiger partial charge in [-0.05, 0) is 62.8 Å². The lowest BCUT2D eigenvalue weighted by atomic mass is 9.63. The number of carbonyl (C=O) groups excluding carboxylic acids is 2. The van der Waals surface area contributed by atoms with Crippen molar-refractivity contribution in [3.63, 3.8) is 0 Å². The van der Waals surface area contributed by atoms with E-state index in [1.54, 1.807) is 7.11 Å². The average Bonchev–Trinajstić information content (AvgIpc) is 2.95. The Hall–Kier alpha value is -3.42. The third-order valence-corrected chi connectivity index (χ3v) is 7.90. The molecule has 0 saturated heterocycles. The van der Waals surface area contributed by atoms with Gasteiger partial charge < -0.3 is 25.8 Å². The van der Waals surface area contributed by atoms with Crippen LogP contribution in [-0.4, -0.2) is 54.7 Å². The fourth-order valence-electron chi connectivity index (χ4n) is 5.84. The minimum absolute atomic E-state index is 0.0634. The fourth-order valence-corrected chi connectivity index (χ4v) is 5.84. The number of nitrogens with two attached hydrogens (primary N) is 1. The molecular weight excluding hydrogens is 514 g/mol. The van der Waals surface area contributed by atoms with Crippen molar-refractivity contribution in [3.8, 4) is 5.75 Å². The molecule has 1 aliphatic rings. The van der Waals surface area contributed by atoms with Crippen LogP contribution in [-0.2, 0) is 22.6 Å². The number of aryl methyl sites for hydroxylation is 1. The van der Waals surface area contributed by atoms with E-state index in [1.165, 1.54) is 0 Å². The van der Waals surface area contributed by atoms with Gasteiger partial charge in [0.15, 0.2) is 0 Å². The lowest BCUT2D eigenvalue weighted by Crippen LogP contribution is -2.51.